The van der Waals surface area contributed by atoms with Gasteiger partial charge in [-0.1, -0.05) is 37.3 Å². The van der Waals surface area contributed by atoms with Crippen LogP contribution in [0, 0.1) is 12.8 Å². The number of benzene rings is 2. The van der Waals surface area contributed by atoms with Gasteiger partial charge in [-0.15, -0.1) is 0 Å². The molecular weight excluding hydrogens is 444 g/mol. The summed E-state index contributed by atoms with van der Waals surface area (Å²) in [6.07, 6.45) is 4.54. The van der Waals surface area contributed by atoms with Crippen LogP contribution in [0.1, 0.15) is 52.6 Å². The van der Waals surface area contributed by atoms with Gasteiger partial charge in [0.2, 0.25) is 0 Å². The first kappa shape index (κ1) is 24.8. The van der Waals surface area contributed by atoms with Gasteiger partial charge in [0.1, 0.15) is 0 Å². The smallest absolute Gasteiger partial charge is 0.251 e. The summed E-state index contributed by atoms with van der Waals surface area (Å²) in [7, 11) is 0. The highest BCUT2D eigenvalue weighted by Gasteiger charge is 2.21. The summed E-state index contributed by atoms with van der Waals surface area (Å²) in [4.78, 5) is 17.8. The minimum atomic E-state index is 0.0225. The normalized spacial score (nSPS) is 18.7. The quantitative estimate of drug-likeness (QED) is 0.465. The highest BCUT2D eigenvalue weighted by atomic mass is 16.1. The van der Waals surface area contributed by atoms with Crippen LogP contribution in [-0.2, 0) is 19.4 Å². The zero-order chi connectivity index (χ0) is 24.9. The molecule has 0 bridgehead atoms. The standard InChI is InChI=1S/C31H40N4O/c1-24-9-14-30-28(21-24)22-25(2)35(30)29-12-10-27(11-13-29)31(36)32-15-6-16-33-17-19-34(20-18-33)23-26-7-4-3-5-8-26/h3-5,7-8,10-13,22,24H,6,9,14-21,23H2,1-2H3,(H,32,36)/t24-/m0/s1. The van der Waals surface area contributed by atoms with E-state index in [0.717, 1.165) is 69.3 Å². The molecule has 5 heteroatoms. The number of nitrogens with zero attached hydrogens (tertiary/aromatic N) is 3. The number of carbonyl (C=O) groups is 1. The summed E-state index contributed by atoms with van der Waals surface area (Å²) in [5, 5.41) is 3.12. The molecule has 5 rings (SSSR count). The molecule has 190 valence electrons. The van der Waals surface area contributed by atoms with Crippen LogP contribution in [0.4, 0.5) is 0 Å². The first-order chi connectivity index (χ1) is 17.6. The van der Waals surface area contributed by atoms with Gasteiger partial charge in [0.15, 0.2) is 0 Å². The summed E-state index contributed by atoms with van der Waals surface area (Å²) >= 11 is 0. The van der Waals surface area contributed by atoms with Crippen LogP contribution in [0.3, 0.4) is 0 Å². The van der Waals surface area contributed by atoms with Gasteiger partial charge in [-0.3, -0.25) is 9.69 Å². The molecule has 0 spiro atoms. The number of piperazine rings is 1. The van der Waals surface area contributed by atoms with E-state index in [4.69, 9.17) is 0 Å². The molecule has 5 nitrogen and oxygen atoms in total. The van der Waals surface area contributed by atoms with Crippen LogP contribution in [0.2, 0.25) is 0 Å². The van der Waals surface area contributed by atoms with Crippen molar-refractivity contribution < 1.29 is 4.79 Å². The number of rotatable bonds is 8. The van der Waals surface area contributed by atoms with E-state index in [9.17, 15) is 4.79 Å². The molecule has 1 fully saturated rings. The maximum absolute atomic E-state index is 12.7. The molecule has 1 aromatic heterocycles. The fourth-order valence-electron chi connectivity index (χ4n) is 5.81. The Hall–Kier alpha value is -2.89. The Morgan fingerprint density at radius 2 is 1.69 bits per heavy atom. The summed E-state index contributed by atoms with van der Waals surface area (Å²) in [6, 6.07) is 21.2. The van der Waals surface area contributed by atoms with Crippen molar-refractivity contribution in [2.24, 2.45) is 5.92 Å². The first-order valence-corrected chi connectivity index (χ1v) is 13.6. The molecule has 3 aromatic rings. The van der Waals surface area contributed by atoms with Crippen molar-refractivity contribution >= 4 is 5.91 Å². The molecular formula is C31H40N4O. The van der Waals surface area contributed by atoms with Gasteiger partial charge in [0, 0.05) is 61.9 Å². The van der Waals surface area contributed by atoms with Gasteiger partial charge in [0.25, 0.3) is 5.91 Å². The molecule has 2 aromatic carbocycles. The molecule has 1 amide bonds. The predicted molar refractivity (Wildman–Crippen MR) is 147 cm³/mol. The van der Waals surface area contributed by atoms with Crippen LogP contribution < -0.4 is 5.32 Å². The van der Waals surface area contributed by atoms with E-state index in [-0.39, 0.29) is 5.91 Å². The maximum Gasteiger partial charge on any atom is 0.251 e. The summed E-state index contributed by atoms with van der Waals surface area (Å²) in [6.45, 7) is 11.7. The lowest BCUT2D eigenvalue weighted by molar-refractivity contribution is 0.0947. The molecule has 1 aliphatic heterocycles. The predicted octanol–water partition coefficient (Wildman–Crippen LogP) is 4.85. The van der Waals surface area contributed by atoms with Crippen LogP contribution >= 0.6 is 0 Å². The second kappa shape index (κ2) is 11.4. The van der Waals surface area contributed by atoms with Crippen molar-refractivity contribution in [3.05, 3.63) is 88.7 Å². The molecule has 0 unspecified atom stereocenters. The number of aryl methyl sites for hydroxylation is 1. The topological polar surface area (TPSA) is 40.5 Å². The van der Waals surface area contributed by atoms with Gasteiger partial charge in [-0.25, -0.2) is 0 Å². The van der Waals surface area contributed by atoms with Crippen molar-refractivity contribution in [1.82, 2.24) is 19.7 Å². The Morgan fingerprint density at radius 1 is 0.972 bits per heavy atom. The SMILES string of the molecule is Cc1cc2c(n1-c1ccc(C(=O)NCCCN3CCN(Cc4ccccc4)CC3)cc1)CC[C@H](C)C2. The molecule has 0 saturated carbocycles. The fourth-order valence-corrected chi connectivity index (χ4v) is 5.81. The average Bonchev–Trinajstić information content (AvgIpc) is 3.22. The zero-order valence-electron chi connectivity index (χ0n) is 21.9. The maximum atomic E-state index is 12.7. The van der Waals surface area contributed by atoms with E-state index >= 15 is 0 Å². The molecule has 1 aliphatic carbocycles. The molecule has 1 N–H and O–H groups in total. The van der Waals surface area contributed by atoms with Crippen molar-refractivity contribution in [3.63, 3.8) is 0 Å². The monoisotopic (exact) mass is 484 g/mol. The fraction of sp³-hybridized carbons (Fsp3) is 0.452. The van der Waals surface area contributed by atoms with E-state index in [1.807, 2.05) is 12.1 Å². The van der Waals surface area contributed by atoms with E-state index in [0.29, 0.717) is 6.54 Å². The lowest BCUT2D eigenvalue weighted by Gasteiger charge is -2.34. The Bertz CT molecular complexity index is 1140. The van der Waals surface area contributed by atoms with Crippen LogP contribution in [0.15, 0.2) is 60.7 Å². The molecule has 1 atom stereocenters. The van der Waals surface area contributed by atoms with E-state index in [1.54, 1.807) is 0 Å². The summed E-state index contributed by atoms with van der Waals surface area (Å²) in [5.74, 6) is 0.789. The van der Waals surface area contributed by atoms with E-state index in [1.165, 1.54) is 35.4 Å². The highest BCUT2D eigenvalue weighted by molar-refractivity contribution is 5.94. The average molecular weight is 485 g/mol. The van der Waals surface area contributed by atoms with Crippen LogP contribution in [0.5, 0.6) is 0 Å². The second-order valence-electron chi connectivity index (χ2n) is 10.7. The first-order valence-electron chi connectivity index (χ1n) is 13.6. The number of amides is 1. The minimum Gasteiger partial charge on any atom is -0.352 e. The summed E-state index contributed by atoms with van der Waals surface area (Å²) in [5.41, 5.74) is 7.51. The Kier molecular flexibility index (Phi) is 7.88. The minimum absolute atomic E-state index is 0.0225. The number of fused-ring (bicyclic) bond motifs is 1. The second-order valence-corrected chi connectivity index (χ2v) is 10.7. The van der Waals surface area contributed by atoms with Crippen molar-refractivity contribution in [2.45, 2.75) is 46.1 Å². The third kappa shape index (κ3) is 5.91. The summed E-state index contributed by atoms with van der Waals surface area (Å²) < 4.78 is 2.38. The van der Waals surface area contributed by atoms with Gasteiger partial charge in [-0.05, 0) is 86.5 Å². The number of carbonyl (C=O) groups excluding carboxylic acids is 1. The van der Waals surface area contributed by atoms with Crippen molar-refractivity contribution in [1.29, 1.82) is 0 Å². The van der Waals surface area contributed by atoms with Gasteiger partial charge >= 0.3 is 0 Å². The zero-order valence-corrected chi connectivity index (χ0v) is 21.9. The van der Waals surface area contributed by atoms with Gasteiger partial charge in [0.05, 0.1) is 0 Å². The largest absolute Gasteiger partial charge is 0.352 e. The highest BCUT2D eigenvalue weighted by Crippen LogP contribution is 2.30. The third-order valence-corrected chi connectivity index (χ3v) is 7.86. The third-order valence-electron chi connectivity index (χ3n) is 7.86. The number of hydrogen-bond donors (Lipinski definition) is 1. The number of aromatic nitrogens is 1. The number of hydrogen-bond acceptors (Lipinski definition) is 3. The van der Waals surface area contributed by atoms with E-state index in [2.05, 4.69) is 82.1 Å². The van der Waals surface area contributed by atoms with E-state index < -0.39 is 0 Å². The van der Waals surface area contributed by atoms with Gasteiger partial charge in [-0.2, -0.15) is 0 Å². The molecule has 2 heterocycles. The Labute approximate surface area is 216 Å². The molecule has 1 saturated heterocycles. The lowest BCUT2D eigenvalue weighted by atomic mass is 9.89. The lowest BCUT2D eigenvalue weighted by Crippen LogP contribution is -2.46. The van der Waals surface area contributed by atoms with Crippen molar-refractivity contribution in [3.8, 4) is 5.69 Å². The Morgan fingerprint density at radius 3 is 2.44 bits per heavy atom. The van der Waals surface area contributed by atoms with Crippen LogP contribution in [-0.4, -0.2) is 59.5 Å². The molecule has 2 aliphatic rings. The number of nitrogens with one attached hydrogen (secondary N) is 1. The van der Waals surface area contributed by atoms with Gasteiger partial charge < -0.3 is 14.8 Å². The molecule has 0 radical (unpaired) electrons. The van der Waals surface area contributed by atoms with Crippen LogP contribution in [0.25, 0.3) is 5.69 Å². The molecule has 36 heavy (non-hydrogen) atoms. The van der Waals surface area contributed by atoms with Crippen molar-refractivity contribution in [2.75, 3.05) is 39.3 Å². The Balaban J connectivity index is 1.05.